The van der Waals surface area contributed by atoms with Gasteiger partial charge < -0.3 is 14.8 Å². The van der Waals surface area contributed by atoms with Gasteiger partial charge in [-0.05, 0) is 43.9 Å². The van der Waals surface area contributed by atoms with Crippen LogP contribution in [0.1, 0.15) is 57.8 Å². The Morgan fingerprint density at radius 3 is 2.53 bits per heavy atom. The molecule has 0 aromatic carbocycles. The molecule has 112 valence electrons. The van der Waals surface area contributed by atoms with Gasteiger partial charge in [-0.25, -0.2) is 0 Å². The normalized spacial score (nSPS) is 22.6. The van der Waals surface area contributed by atoms with E-state index in [1.165, 1.54) is 64.3 Å². The molecule has 19 heavy (non-hydrogen) atoms. The molecule has 0 atom stereocenters. The molecule has 0 amide bonds. The Hall–Kier alpha value is -0.120. The highest BCUT2D eigenvalue weighted by atomic mass is 16.5. The van der Waals surface area contributed by atoms with Crippen LogP contribution in [0.4, 0.5) is 0 Å². The third kappa shape index (κ3) is 5.80. The lowest BCUT2D eigenvalue weighted by atomic mass is 9.71. The molecule has 0 heterocycles. The number of hydrogen-bond donors (Lipinski definition) is 1. The first-order valence-electron chi connectivity index (χ1n) is 8.15. The van der Waals surface area contributed by atoms with E-state index < -0.39 is 0 Å². The van der Waals surface area contributed by atoms with E-state index in [9.17, 15) is 0 Å². The third-order valence-electron chi connectivity index (χ3n) is 4.68. The molecular weight excluding hydrogens is 238 g/mol. The monoisotopic (exact) mass is 269 g/mol. The molecule has 0 unspecified atom stereocenters. The van der Waals surface area contributed by atoms with Crippen molar-refractivity contribution in [1.29, 1.82) is 0 Å². The van der Waals surface area contributed by atoms with Gasteiger partial charge >= 0.3 is 0 Å². The van der Waals surface area contributed by atoms with Crippen molar-refractivity contribution in [1.82, 2.24) is 5.32 Å². The molecule has 2 aliphatic rings. The molecule has 2 aliphatic carbocycles. The van der Waals surface area contributed by atoms with E-state index >= 15 is 0 Å². The first-order valence-corrected chi connectivity index (χ1v) is 8.15. The third-order valence-corrected chi connectivity index (χ3v) is 4.68. The number of rotatable bonds is 10. The maximum Gasteiger partial charge on any atom is 0.0700 e. The molecule has 0 bridgehead atoms. The number of hydrogen-bond acceptors (Lipinski definition) is 3. The summed E-state index contributed by atoms with van der Waals surface area (Å²) in [5, 5.41) is 3.77. The summed E-state index contributed by atoms with van der Waals surface area (Å²) in [7, 11) is 1.73. The van der Waals surface area contributed by atoms with Crippen LogP contribution in [0.5, 0.6) is 0 Å². The van der Waals surface area contributed by atoms with Crippen LogP contribution < -0.4 is 5.32 Å². The van der Waals surface area contributed by atoms with E-state index in [0.717, 1.165) is 19.3 Å². The van der Waals surface area contributed by atoms with Gasteiger partial charge in [0.1, 0.15) is 0 Å². The Kier molecular flexibility index (Phi) is 6.62. The standard InChI is InChI=1S/C16H31NO2/c1-18-12-13-19-11-5-10-16(8-3-2-4-9-16)14-17-15-6-7-15/h15,17H,2-14H2,1H3. The van der Waals surface area contributed by atoms with Crippen molar-refractivity contribution in [3.63, 3.8) is 0 Å². The molecular formula is C16H31NO2. The average Bonchev–Trinajstić information content (AvgIpc) is 3.26. The zero-order valence-corrected chi connectivity index (χ0v) is 12.6. The lowest BCUT2D eigenvalue weighted by Gasteiger charge is -2.38. The summed E-state index contributed by atoms with van der Waals surface area (Å²) in [5.41, 5.74) is 0.575. The Bertz CT molecular complexity index is 235. The highest BCUT2D eigenvalue weighted by Gasteiger charge is 2.33. The van der Waals surface area contributed by atoms with Crippen LogP contribution in [0, 0.1) is 5.41 Å². The van der Waals surface area contributed by atoms with Crippen LogP contribution in [0.2, 0.25) is 0 Å². The van der Waals surface area contributed by atoms with Crippen molar-refractivity contribution < 1.29 is 9.47 Å². The van der Waals surface area contributed by atoms with Crippen LogP contribution >= 0.6 is 0 Å². The van der Waals surface area contributed by atoms with Gasteiger partial charge in [-0.15, -0.1) is 0 Å². The fourth-order valence-corrected chi connectivity index (χ4v) is 3.26. The van der Waals surface area contributed by atoms with Crippen molar-refractivity contribution in [2.75, 3.05) is 33.5 Å². The quantitative estimate of drug-likeness (QED) is 0.618. The van der Waals surface area contributed by atoms with Gasteiger partial charge in [0, 0.05) is 26.3 Å². The highest BCUT2D eigenvalue weighted by Crippen LogP contribution is 2.40. The van der Waals surface area contributed by atoms with Gasteiger partial charge in [-0.3, -0.25) is 0 Å². The van der Waals surface area contributed by atoms with Gasteiger partial charge in [0.25, 0.3) is 0 Å². The fourth-order valence-electron chi connectivity index (χ4n) is 3.26. The molecule has 0 spiro atoms. The molecule has 0 saturated heterocycles. The number of nitrogens with one attached hydrogen (secondary N) is 1. The smallest absolute Gasteiger partial charge is 0.0700 e. The Morgan fingerprint density at radius 2 is 1.84 bits per heavy atom. The first kappa shape index (κ1) is 15.3. The summed E-state index contributed by atoms with van der Waals surface area (Å²) in [6.07, 6.45) is 12.5. The van der Waals surface area contributed by atoms with Crippen molar-refractivity contribution in [3.05, 3.63) is 0 Å². The minimum absolute atomic E-state index is 0.575. The molecule has 2 saturated carbocycles. The van der Waals surface area contributed by atoms with Crippen molar-refractivity contribution in [3.8, 4) is 0 Å². The zero-order chi connectivity index (χ0) is 13.4. The summed E-state index contributed by atoms with van der Waals surface area (Å²) in [6.45, 7) is 3.60. The fraction of sp³-hybridized carbons (Fsp3) is 1.00. The molecule has 0 radical (unpaired) electrons. The summed E-state index contributed by atoms with van der Waals surface area (Å²) in [4.78, 5) is 0. The summed E-state index contributed by atoms with van der Waals surface area (Å²) in [5.74, 6) is 0. The predicted molar refractivity (Wildman–Crippen MR) is 78.5 cm³/mol. The van der Waals surface area contributed by atoms with Crippen molar-refractivity contribution in [2.45, 2.75) is 63.8 Å². The summed E-state index contributed by atoms with van der Waals surface area (Å²) in [6, 6.07) is 0.844. The first-order chi connectivity index (χ1) is 9.35. The molecule has 1 N–H and O–H groups in total. The number of ether oxygens (including phenoxy) is 2. The molecule has 0 aliphatic heterocycles. The van der Waals surface area contributed by atoms with Crippen LogP contribution in [0.25, 0.3) is 0 Å². The second-order valence-electron chi connectivity index (χ2n) is 6.42. The van der Waals surface area contributed by atoms with E-state index in [-0.39, 0.29) is 0 Å². The maximum absolute atomic E-state index is 5.60. The van der Waals surface area contributed by atoms with Gasteiger partial charge in [0.2, 0.25) is 0 Å². The molecule has 3 heteroatoms. The largest absolute Gasteiger partial charge is 0.382 e. The minimum Gasteiger partial charge on any atom is -0.382 e. The van der Waals surface area contributed by atoms with Crippen LogP contribution in [-0.4, -0.2) is 39.5 Å². The van der Waals surface area contributed by atoms with E-state index in [1.54, 1.807) is 7.11 Å². The van der Waals surface area contributed by atoms with Crippen LogP contribution in [0.3, 0.4) is 0 Å². The van der Waals surface area contributed by atoms with Crippen molar-refractivity contribution in [2.24, 2.45) is 5.41 Å². The zero-order valence-electron chi connectivity index (χ0n) is 12.6. The molecule has 2 fully saturated rings. The van der Waals surface area contributed by atoms with Gasteiger partial charge in [-0.1, -0.05) is 19.3 Å². The van der Waals surface area contributed by atoms with Crippen molar-refractivity contribution >= 4 is 0 Å². The van der Waals surface area contributed by atoms with Gasteiger partial charge in [-0.2, -0.15) is 0 Å². The Labute approximate surface area is 118 Å². The van der Waals surface area contributed by atoms with E-state index in [4.69, 9.17) is 9.47 Å². The SMILES string of the molecule is COCCOCCCC1(CNC2CC2)CCCCC1. The van der Waals surface area contributed by atoms with E-state index in [0.29, 0.717) is 12.0 Å². The lowest BCUT2D eigenvalue weighted by molar-refractivity contribution is 0.0593. The Balaban J connectivity index is 1.64. The second kappa shape index (κ2) is 8.23. The van der Waals surface area contributed by atoms with E-state index in [1.807, 2.05) is 0 Å². The van der Waals surface area contributed by atoms with Gasteiger partial charge in [0.15, 0.2) is 0 Å². The topological polar surface area (TPSA) is 30.5 Å². The molecule has 0 aromatic heterocycles. The molecule has 3 nitrogen and oxygen atoms in total. The molecule has 2 rings (SSSR count). The summed E-state index contributed by atoms with van der Waals surface area (Å²) >= 11 is 0. The molecule has 0 aromatic rings. The van der Waals surface area contributed by atoms with Crippen LogP contribution in [-0.2, 0) is 9.47 Å². The van der Waals surface area contributed by atoms with E-state index in [2.05, 4.69) is 5.32 Å². The van der Waals surface area contributed by atoms with Crippen LogP contribution in [0.15, 0.2) is 0 Å². The number of methoxy groups -OCH3 is 1. The summed E-state index contributed by atoms with van der Waals surface area (Å²) < 4.78 is 10.6. The predicted octanol–water partition coefficient (Wildman–Crippen LogP) is 3.13. The minimum atomic E-state index is 0.575. The lowest BCUT2D eigenvalue weighted by Crippen LogP contribution is -2.37. The highest BCUT2D eigenvalue weighted by molar-refractivity contribution is 4.89. The van der Waals surface area contributed by atoms with Gasteiger partial charge in [0.05, 0.1) is 13.2 Å². The maximum atomic E-state index is 5.60. The second-order valence-corrected chi connectivity index (χ2v) is 6.42. The average molecular weight is 269 g/mol. The Morgan fingerprint density at radius 1 is 1.05 bits per heavy atom.